The van der Waals surface area contributed by atoms with Gasteiger partial charge in [-0.2, -0.15) is 0 Å². The Bertz CT molecular complexity index is 650. The van der Waals surface area contributed by atoms with Crippen LogP contribution in [-0.2, 0) is 0 Å². The molecule has 0 fully saturated rings. The molecule has 0 spiro atoms. The normalized spacial score (nSPS) is 11.3. The molecule has 3 rings (SSSR count). The molecule has 0 unspecified atom stereocenters. The number of rotatable bonds is 0. The van der Waals surface area contributed by atoms with Crippen molar-refractivity contribution in [2.24, 2.45) is 0 Å². The predicted octanol–water partition coefficient (Wildman–Crippen LogP) is 3.33. The van der Waals surface area contributed by atoms with Crippen LogP contribution in [0.2, 0.25) is 0 Å². The van der Waals surface area contributed by atoms with E-state index in [9.17, 15) is 0 Å². The van der Waals surface area contributed by atoms with Crippen molar-refractivity contribution in [2.75, 3.05) is 0 Å². The van der Waals surface area contributed by atoms with Gasteiger partial charge in [0.15, 0.2) is 0 Å². The Hall–Kier alpha value is -1.83. The molecule has 2 heteroatoms. The van der Waals surface area contributed by atoms with E-state index in [1.54, 1.807) is 0 Å². The topological polar surface area (TPSA) is 28.7 Å². The number of fused-ring (bicyclic) bond motifs is 3. The smallest absolute Gasteiger partial charge is 0.138 e. The van der Waals surface area contributed by atoms with Crippen LogP contribution in [0.25, 0.3) is 21.9 Å². The SMILES string of the molecule is Cc1cc(C)c2c(c1)[nH]c1ncccc12. The van der Waals surface area contributed by atoms with Crippen LogP contribution in [0.3, 0.4) is 0 Å². The number of aromatic nitrogens is 2. The van der Waals surface area contributed by atoms with Crippen LogP contribution in [0.15, 0.2) is 30.5 Å². The van der Waals surface area contributed by atoms with Gasteiger partial charge in [0.2, 0.25) is 0 Å². The highest BCUT2D eigenvalue weighted by Gasteiger charge is 2.06. The molecule has 0 radical (unpaired) electrons. The van der Waals surface area contributed by atoms with E-state index in [-0.39, 0.29) is 0 Å². The molecule has 2 heterocycles. The van der Waals surface area contributed by atoms with Crippen LogP contribution in [0.1, 0.15) is 11.1 Å². The summed E-state index contributed by atoms with van der Waals surface area (Å²) in [7, 11) is 0. The molecule has 74 valence electrons. The maximum absolute atomic E-state index is 4.33. The minimum absolute atomic E-state index is 0.973. The number of aryl methyl sites for hydroxylation is 2. The number of nitrogens with zero attached hydrogens (tertiary/aromatic N) is 1. The van der Waals surface area contributed by atoms with Gasteiger partial charge >= 0.3 is 0 Å². The van der Waals surface area contributed by atoms with Crippen LogP contribution < -0.4 is 0 Å². The maximum Gasteiger partial charge on any atom is 0.138 e. The van der Waals surface area contributed by atoms with Gasteiger partial charge in [0.25, 0.3) is 0 Å². The average Bonchev–Trinajstić information content (AvgIpc) is 2.54. The van der Waals surface area contributed by atoms with E-state index in [0.29, 0.717) is 0 Å². The van der Waals surface area contributed by atoms with Gasteiger partial charge in [-0.25, -0.2) is 4.98 Å². The van der Waals surface area contributed by atoms with Crippen LogP contribution >= 0.6 is 0 Å². The van der Waals surface area contributed by atoms with E-state index >= 15 is 0 Å². The number of H-pyrrole nitrogens is 1. The van der Waals surface area contributed by atoms with E-state index in [0.717, 1.165) is 5.65 Å². The van der Waals surface area contributed by atoms with Crippen molar-refractivity contribution in [1.29, 1.82) is 0 Å². The fourth-order valence-corrected chi connectivity index (χ4v) is 2.26. The van der Waals surface area contributed by atoms with E-state index in [4.69, 9.17) is 0 Å². The van der Waals surface area contributed by atoms with E-state index < -0.39 is 0 Å². The average molecular weight is 196 g/mol. The first-order valence-electron chi connectivity index (χ1n) is 5.09. The van der Waals surface area contributed by atoms with Crippen molar-refractivity contribution in [1.82, 2.24) is 9.97 Å². The third-order valence-electron chi connectivity index (χ3n) is 2.81. The van der Waals surface area contributed by atoms with Gasteiger partial charge in [-0.15, -0.1) is 0 Å². The van der Waals surface area contributed by atoms with E-state index in [2.05, 4.69) is 42.0 Å². The number of hydrogen-bond donors (Lipinski definition) is 1. The van der Waals surface area contributed by atoms with Crippen molar-refractivity contribution < 1.29 is 0 Å². The van der Waals surface area contributed by atoms with Gasteiger partial charge < -0.3 is 4.98 Å². The van der Waals surface area contributed by atoms with Crippen molar-refractivity contribution in [3.8, 4) is 0 Å². The summed E-state index contributed by atoms with van der Waals surface area (Å²) in [6.07, 6.45) is 1.82. The van der Waals surface area contributed by atoms with Gasteiger partial charge in [0.05, 0.1) is 0 Å². The molecule has 0 saturated carbocycles. The van der Waals surface area contributed by atoms with Crippen LogP contribution in [-0.4, -0.2) is 9.97 Å². The molecular weight excluding hydrogens is 184 g/mol. The summed E-state index contributed by atoms with van der Waals surface area (Å²) in [6, 6.07) is 8.48. The summed E-state index contributed by atoms with van der Waals surface area (Å²) >= 11 is 0. The summed E-state index contributed by atoms with van der Waals surface area (Å²) in [4.78, 5) is 7.68. The van der Waals surface area contributed by atoms with Gasteiger partial charge in [0, 0.05) is 22.5 Å². The lowest BCUT2D eigenvalue weighted by molar-refractivity contribution is 1.34. The molecule has 0 aliphatic carbocycles. The molecule has 0 aliphatic rings. The Morgan fingerprint density at radius 2 is 2.07 bits per heavy atom. The fourth-order valence-electron chi connectivity index (χ4n) is 2.26. The van der Waals surface area contributed by atoms with Crippen LogP contribution in [0.5, 0.6) is 0 Å². The highest BCUT2D eigenvalue weighted by molar-refractivity contribution is 6.07. The Balaban J connectivity index is 2.61. The number of benzene rings is 1. The highest BCUT2D eigenvalue weighted by atomic mass is 14.8. The predicted molar refractivity (Wildman–Crippen MR) is 63.1 cm³/mol. The number of aromatic amines is 1. The third kappa shape index (κ3) is 1.14. The minimum Gasteiger partial charge on any atom is -0.339 e. The lowest BCUT2D eigenvalue weighted by Gasteiger charge is -1.98. The molecule has 0 saturated heterocycles. The molecule has 15 heavy (non-hydrogen) atoms. The number of pyridine rings is 1. The largest absolute Gasteiger partial charge is 0.339 e. The first kappa shape index (κ1) is 8.48. The summed E-state index contributed by atoms with van der Waals surface area (Å²) < 4.78 is 0. The van der Waals surface area contributed by atoms with Crippen molar-refractivity contribution in [2.45, 2.75) is 13.8 Å². The van der Waals surface area contributed by atoms with Crippen molar-refractivity contribution in [3.05, 3.63) is 41.6 Å². The van der Waals surface area contributed by atoms with Crippen molar-refractivity contribution in [3.63, 3.8) is 0 Å². The van der Waals surface area contributed by atoms with Crippen LogP contribution in [0.4, 0.5) is 0 Å². The highest BCUT2D eigenvalue weighted by Crippen LogP contribution is 2.27. The second kappa shape index (κ2) is 2.83. The summed E-state index contributed by atoms with van der Waals surface area (Å²) in [6.45, 7) is 4.26. The zero-order valence-corrected chi connectivity index (χ0v) is 8.83. The zero-order valence-electron chi connectivity index (χ0n) is 8.83. The lowest BCUT2D eigenvalue weighted by atomic mass is 10.1. The molecule has 0 aliphatic heterocycles. The van der Waals surface area contributed by atoms with Gasteiger partial charge in [-0.3, -0.25) is 0 Å². The molecule has 0 amide bonds. The molecule has 1 N–H and O–H groups in total. The molecule has 2 aromatic heterocycles. The van der Waals surface area contributed by atoms with Gasteiger partial charge in [0.1, 0.15) is 5.65 Å². The molecule has 2 nitrogen and oxygen atoms in total. The first-order chi connectivity index (χ1) is 7.25. The third-order valence-corrected chi connectivity index (χ3v) is 2.81. The molecule has 1 aromatic carbocycles. The Kier molecular flexibility index (Phi) is 1.60. The number of hydrogen-bond acceptors (Lipinski definition) is 1. The Labute approximate surface area is 88.0 Å². The monoisotopic (exact) mass is 196 g/mol. The second-order valence-corrected chi connectivity index (χ2v) is 4.03. The van der Waals surface area contributed by atoms with E-state index in [1.165, 1.54) is 27.4 Å². The number of nitrogens with one attached hydrogen (secondary N) is 1. The molecule has 3 aromatic rings. The summed E-state index contributed by atoms with van der Waals surface area (Å²) in [5.41, 5.74) is 4.75. The van der Waals surface area contributed by atoms with Gasteiger partial charge in [-0.1, -0.05) is 6.07 Å². The molecular formula is C13H12N2. The minimum atomic E-state index is 0.973. The fraction of sp³-hybridized carbons (Fsp3) is 0.154. The summed E-state index contributed by atoms with van der Waals surface area (Å²) in [5, 5.41) is 2.51. The maximum atomic E-state index is 4.33. The standard InChI is InChI=1S/C13H12N2/c1-8-6-9(2)12-10-4-3-5-14-13(10)15-11(12)7-8/h3-7H,1-2H3,(H,14,15). The molecule has 0 atom stereocenters. The molecule has 0 bridgehead atoms. The summed E-state index contributed by atoms with van der Waals surface area (Å²) in [5.74, 6) is 0. The second-order valence-electron chi connectivity index (χ2n) is 4.03. The Morgan fingerprint density at radius 3 is 2.93 bits per heavy atom. The lowest BCUT2D eigenvalue weighted by Crippen LogP contribution is -1.78. The van der Waals surface area contributed by atoms with Gasteiger partial charge in [-0.05, 0) is 43.2 Å². The van der Waals surface area contributed by atoms with Crippen molar-refractivity contribution >= 4 is 21.9 Å². The quantitative estimate of drug-likeness (QED) is 0.587. The zero-order chi connectivity index (χ0) is 10.4. The Morgan fingerprint density at radius 1 is 1.20 bits per heavy atom. The van der Waals surface area contributed by atoms with Crippen LogP contribution in [0, 0.1) is 13.8 Å². The first-order valence-corrected chi connectivity index (χ1v) is 5.09. The van der Waals surface area contributed by atoms with E-state index in [1.807, 2.05) is 12.3 Å².